The summed E-state index contributed by atoms with van der Waals surface area (Å²) < 4.78 is 25.1. The zero-order valence-electron chi connectivity index (χ0n) is 12.9. The number of halogens is 1. The van der Waals surface area contributed by atoms with Gasteiger partial charge in [-0.3, -0.25) is 9.78 Å². The first-order chi connectivity index (χ1) is 10.7. The number of fused-ring (bicyclic) bond motifs is 1. The molecule has 120 valence electrons. The fourth-order valence-electron chi connectivity index (χ4n) is 2.92. The molecule has 2 aromatic heterocycles. The third-order valence-electron chi connectivity index (χ3n) is 4.35. The molecule has 0 radical (unpaired) electrons. The molecule has 7 heteroatoms. The summed E-state index contributed by atoms with van der Waals surface area (Å²) in [4.78, 5) is 20.9. The maximum Gasteiger partial charge on any atom is 0.204 e. The lowest BCUT2D eigenvalue weighted by atomic mass is 9.94. The molecule has 3 heterocycles. The Balaban J connectivity index is 2.33. The Morgan fingerprint density at radius 3 is 2.61 bits per heavy atom. The molecule has 1 unspecified atom stereocenters. The number of nitrogens with zero attached hydrogens (tertiary/aromatic N) is 2. The lowest BCUT2D eigenvalue weighted by Crippen LogP contribution is -2.43. The van der Waals surface area contributed by atoms with Crippen LogP contribution in [0, 0.1) is 6.92 Å². The molecule has 5 nitrogen and oxygen atoms in total. The second-order valence-corrected chi connectivity index (χ2v) is 9.03. The van der Waals surface area contributed by atoms with E-state index in [2.05, 4.69) is 9.97 Å². The van der Waals surface area contributed by atoms with Gasteiger partial charge in [-0.1, -0.05) is 17.7 Å². The Morgan fingerprint density at radius 1 is 1.26 bits per heavy atom. The summed E-state index contributed by atoms with van der Waals surface area (Å²) in [6, 6.07) is 4.83. The van der Waals surface area contributed by atoms with Gasteiger partial charge in [-0.15, -0.1) is 0 Å². The zero-order valence-corrected chi connectivity index (χ0v) is 14.4. The number of aromatic nitrogens is 2. The molecule has 0 aliphatic carbocycles. The van der Waals surface area contributed by atoms with E-state index < -0.39 is 25.6 Å². The predicted molar refractivity (Wildman–Crippen MR) is 87.2 cm³/mol. The smallest absolute Gasteiger partial charge is 0.204 e. The highest BCUT2D eigenvalue weighted by Crippen LogP contribution is 2.46. The lowest BCUT2D eigenvalue weighted by molar-refractivity contribution is 0.0975. The minimum Gasteiger partial charge on any atom is -0.291 e. The van der Waals surface area contributed by atoms with Gasteiger partial charge in [-0.25, -0.2) is 13.4 Å². The monoisotopic (exact) mass is 350 g/mol. The first kappa shape index (κ1) is 16.1. The zero-order chi connectivity index (χ0) is 17.0. The second kappa shape index (κ2) is 5.11. The SMILES string of the molecule is Cc1cc(Cl)ncc1C1C(=O)c2ncccc2C(C)(C)S1(=O)=O. The molecule has 2 aromatic rings. The van der Waals surface area contributed by atoms with Gasteiger partial charge in [0.25, 0.3) is 0 Å². The van der Waals surface area contributed by atoms with Crippen LogP contribution in [0.1, 0.15) is 46.3 Å². The van der Waals surface area contributed by atoms with E-state index in [4.69, 9.17) is 11.6 Å². The highest BCUT2D eigenvalue weighted by atomic mass is 35.5. The molecule has 0 amide bonds. The number of hydrogen-bond donors (Lipinski definition) is 0. The summed E-state index contributed by atoms with van der Waals surface area (Å²) in [7, 11) is -3.83. The van der Waals surface area contributed by atoms with Crippen molar-refractivity contribution in [3.63, 3.8) is 0 Å². The van der Waals surface area contributed by atoms with Gasteiger partial charge in [0, 0.05) is 18.0 Å². The third kappa shape index (κ3) is 2.20. The Morgan fingerprint density at radius 2 is 1.96 bits per heavy atom. The Labute approximate surface area is 139 Å². The van der Waals surface area contributed by atoms with Crippen molar-refractivity contribution in [2.75, 3.05) is 0 Å². The van der Waals surface area contributed by atoms with Crippen LogP contribution in [-0.2, 0) is 14.6 Å². The van der Waals surface area contributed by atoms with Gasteiger partial charge >= 0.3 is 0 Å². The van der Waals surface area contributed by atoms with E-state index in [1.54, 1.807) is 39.0 Å². The highest BCUT2D eigenvalue weighted by molar-refractivity contribution is 7.93. The van der Waals surface area contributed by atoms with Crippen LogP contribution in [0.3, 0.4) is 0 Å². The lowest BCUT2D eigenvalue weighted by Gasteiger charge is -2.35. The molecule has 1 aliphatic heterocycles. The fourth-order valence-corrected chi connectivity index (χ4v) is 5.16. The molecule has 0 fully saturated rings. The van der Waals surface area contributed by atoms with E-state index in [1.165, 1.54) is 12.4 Å². The number of carbonyl (C=O) groups is 1. The summed E-state index contributed by atoms with van der Waals surface area (Å²) in [5.74, 6) is -0.521. The molecule has 0 saturated carbocycles. The molecule has 0 saturated heterocycles. The van der Waals surface area contributed by atoms with Crippen LogP contribution >= 0.6 is 11.6 Å². The minimum absolute atomic E-state index is 0.201. The average molecular weight is 351 g/mol. The maximum absolute atomic E-state index is 13.1. The van der Waals surface area contributed by atoms with Gasteiger partial charge in [-0.2, -0.15) is 0 Å². The highest BCUT2D eigenvalue weighted by Gasteiger charge is 2.53. The van der Waals surface area contributed by atoms with Crippen LogP contribution in [0.2, 0.25) is 5.15 Å². The largest absolute Gasteiger partial charge is 0.291 e. The van der Waals surface area contributed by atoms with E-state index in [1.807, 2.05) is 0 Å². The van der Waals surface area contributed by atoms with Crippen molar-refractivity contribution in [2.24, 2.45) is 0 Å². The van der Waals surface area contributed by atoms with Crippen molar-refractivity contribution in [1.29, 1.82) is 0 Å². The summed E-state index contributed by atoms with van der Waals surface area (Å²) >= 11 is 5.84. The van der Waals surface area contributed by atoms with Gasteiger partial charge in [0.1, 0.15) is 10.8 Å². The molecule has 23 heavy (non-hydrogen) atoms. The molecule has 1 atom stereocenters. The molecule has 0 N–H and O–H groups in total. The molecule has 0 aromatic carbocycles. The van der Waals surface area contributed by atoms with Crippen molar-refractivity contribution < 1.29 is 13.2 Å². The quantitative estimate of drug-likeness (QED) is 0.739. The van der Waals surface area contributed by atoms with Crippen molar-refractivity contribution in [3.8, 4) is 0 Å². The van der Waals surface area contributed by atoms with Gasteiger partial charge in [-0.05, 0) is 44.0 Å². The van der Waals surface area contributed by atoms with Gasteiger partial charge < -0.3 is 0 Å². The number of rotatable bonds is 1. The van der Waals surface area contributed by atoms with Crippen LogP contribution in [-0.4, -0.2) is 24.2 Å². The number of sulfone groups is 1. The molecule has 0 spiro atoms. The van der Waals surface area contributed by atoms with E-state index in [-0.39, 0.29) is 10.8 Å². The summed E-state index contributed by atoms with van der Waals surface area (Å²) in [6.45, 7) is 4.91. The van der Waals surface area contributed by atoms with Crippen molar-refractivity contribution in [1.82, 2.24) is 9.97 Å². The molecular weight excluding hydrogens is 336 g/mol. The van der Waals surface area contributed by atoms with Gasteiger partial charge in [0.2, 0.25) is 5.78 Å². The van der Waals surface area contributed by atoms with Crippen molar-refractivity contribution >= 4 is 27.2 Å². The summed E-state index contributed by atoms with van der Waals surface area (Å²) in [5.41, 5.74) is 1.60. The van der Waals surface area contributed by atoms with Crippen LogP contribution in [0.15, 0.2) is 30.6 Å². The van der Waals surface area contributed by atoms with E-state index >= 15 is 0 Å². The number of aryl methyl sites for hydroxylation is 1. The number of carbonyl (C=O) groups excluding carboxylic acids is 1. The van der Waals surface area contributed by atoms with E-state index in [0.29, 0.717) is 16.7 Å². The Kier molecular flexibility index (Phi) is 3.57. The van der Waals surface area contributed by atoms with Gasteiger partial charge in [0.15, 0.2) is 15.1 Å². The number of hydrogen-bond acceptors (Lipinski definition) is 5. The van der Waals surface area contributed by atoms with Crippen LogP contribution in [0.4, 0.5) is 0 Å². The van der Waals surface area contributed by atoms with Crippen LogP contribution < -0.4 is 0 Å². The molecular formula is C16H15ClN2O3S. The number of pyridine rings is 2. The van der Waals surface area contributed by atoms with Gasteiger partial charge in [0.05, 0.1) is 4.75 Å². The molecule has 3 rings (SSSR count). The van der Waals surface area contributed by atoms with Crippen LogP contribution in [0.25, 0.3) is 0 Å². The predicted octanol–water partition coefficient (Wildman–Crippen LogP) is 3.03. The minimum atomic E-state index is -3.83. The van der Waals surface area contributed by atoms with E-state index in [0.717, 1.165) is 0 Å². The first-order valence-corrected chi connectivity index (χ1v) is 8.95. The Hall–Kier alpha value is -1.79. The second-order valence-electron chi connectivity index (χ2n) is 6.06. The van der Waals surface area contributed by atoms with Crippen LogP contribution in [0.5, 0.6) is 0 Å². The molecule has 0 bridgehead atoms. The normalized spacial score (nSPS) is 21.7. The number of ketones is 1. The summed E-state index contributed by atoms with van der Waals surface area (Å²) in [6.07, 6.45) is 2.86. The van der Waals surface area contributed by atoms with Crippen molar-refractivity contribution in [2.45, 2.75) is 30.8 Å². The average Bonchev–Trinajstić information content (AvgIpc) is 2.48. The fraction of sp³-hybridized carbons (Fsp3) is 0.312. The summed E-state index contributed by atoms with van der Waals surface area (Å²) in [5, 5.41) is -1.06. The standard InChI is InChI=1S/C16H15ClN2O3S/c1-9-7-12(17)19-8-10(9)15-14(20)13-11(5-4-6-18-13)16(2,3)23(15,21)22/h4-8,15H,1-3H3. The Bertz CT molecular complexity index is 923. The topological polar surface area (TPSA) is 77.0 Å². The van der Waals surface area contributed by atoms with E-state index in [9.17, 15) is 13.2 Å². The maximum atomic E-state index is 13.1. The third-order valence-corrected chi connectivity index (χ3v) is 7.29. The first-order valence-electron chi connectivity index (χ1n) is 7.03. The number of Topliss-reactive ketones (excluding diaryl/α,β-unsaturated/α-hetero) is 1. The molecule has 1 aliphatic rings. The van der Waals surface area contributed by atoms with Crippen molar-refractivity contribution in [3.05, 3.63) is 58.1 Å².